The molecule has 0 aliphatic rings. The second-order valence-corrected chi connectivity index (χ2v) is 21.9. The zero-order chi connectivity index (χ0) is 58.3. The van der Waals surface area contributed by atoms with Gasteiger partial charge in [-0.25, -0.2) is 4.57 Å². The molecule has 0 aliphatic heterocycles. The third kappa shape index (κ3) is 58.5. The summed E-state index contributed by atoms with van der Waals surface area (Å²) >= 11 is 0. The van der Waals surface area contributed by atoms with Gasteiger partial charge in [0.2, 0.25) is 0 Å². The highest BCUT2D eigenvalue weighted by Crippen LogP contribution is 2.43. The van der Waals surface area contributed by atoms with Crippen LogP contribution < -0.4 is 0 Å². The second-order valence-electron chi connectivity index (χ2n) is 20.5. The van der Waals surface area contributed by atoms with Crippen LogP contribution in [0.25, 0.3) is 0 Å². The Balaban J connectivity index is 4.79. The molecule has 0 rings (SSSR count). The lowest BCUT2D eigenvalue weighted by molar-refractivity contribution is -0.161. The van der Waals surface area contributed by atoms with E-state index in [1.807, 2.05) is 12.2 Å². The number of hydrogen-bond acceptors (Lipinski definition) is 10. The van der Waals surface area contributed by atoms with Crippen LogP contribution in [-0.2, 0) is 42.2 Å². The van der Waals surface area contributed by atoms with E-state index in [1.165, 1.54) is 70.6 Å². The standard InChI is InChI=1S/C68H113O11P/c1-4-7-10-13-16-19-22-25-28-31-32-35-38-41-44-47-50-53-56-59-68(72)79-65(61-75-66(70)57-54-51-48-45-42-39-36-33-29-26-23-20-17-14-11-8-5-2)63-77-80(73,74)76-62-64(60-69)78-67(71)58-55-52-49-46-43-40-37-34-30-27-24-21-18-15-12-9-6-3/h8-9,11-12,16-21,25-30,37,40,46,49,64-65,69H,4-7,10,13-15,22-24,31-36,38-39,41-45,47-48,50-63H2,1-3H3,(H,73,74)/b11-8-,12-9-,19-16-,20-17-,21-18-,28-25-,29-26-,30-27-,40-37-,49-46-. The van der Waals surface area contributed by atoms with E-state index in [-0.39, 0.29) is 25.9 Å². The Morgan fingerprint density at radius 2 is 0.662 bits per heavy atom. The first-order valence-electron chi connectivity index (χ1n) is 31.4. The summed E-state index contributed by atoms with van der Waals surface area (Å²) in [6, 6.07) is 0. The highest BCUT2D eigenvalue weighted by molar-refractivity contribution is 7.47. The van der Waals surface area contributed by atoms with Crippen molar-refractivity contribution >= 4 is 25.7 Å². The molecule has 80 heavy (non-hydrogen) atoms. The Labute approximate surface area is 487 Å². The van der Waals surface area contributed by atoms with Crippen LogP contribution in [0, 0.1) is 0 Å². The van der Waals surface area contributed by atoms with Crippen molar-refractivity contribution in [2.24, 2.45) is 0 Å². The van der Waals surface area contributed by atoms with E-state index in [0.717, 1.165) is 116 Å². The molecule has 2 N–H and O–H groups in total. The minimum atomic E-state index is -4.78. The van der Waals surface area contributed by atoms with Crippen molar-refractivity contribution in [1.82, 2.24) is 0 Å². The molecule has 0 bridgehead atoms. The van der Waals surface area contributed by atoms with Crippen LogP contribution in [0.5, 0.6) is 0 Å². The molecule has 0 fully saturated rings. The molecule has 0 aromatic heterocycles. The lowest BCUT2D eigenvalue weighted by atomic mass is 10.1. The van der Waals surface area contributed by atoms with Gasteiger partial charge in [0.25, 0.3) is 0 Å². The quantitative estimate of drug-likeness (QED) is 0.0197. The van der Waals surface area contributed by atoms with Crippen LogP contribution in [0.3, 0.4) is 0 Å². The van der Waals surface area contributed by atoms with Gasteiger partial charge in [-0.2, -0.15) is 0 Å². The number of phosphoric ester groups is 1. The molecule has 0 heterocycles. The SMILES string of the molecule is CC/C=C\C/C=C\C/C=C\C/C=C\C/C=C\CCCC(=O)OC(CO)COP(=O)(O)OCC(COC(=O)CCCCCCCCC/C=C\C/C=C\C/C=C\CC)OC(=O)CCCCCCCCCCC/C=C\C/C=C\CCCCC. The van der Waals surface area contributed by atoms with E-state index < -0.39 is 57.8 Å². The maximum Gasteiger partial charge on any atom is 0.472 e. The molecule has 456 valence electrons. The van der Waals surface area contributed by atoms with Gasteiger partial charge in [0.1, 0.15) is 12.7 Å². The molecule has 0 radical (unpaired) electrons. The van der Waals surface area contributed by atoms with Gasteiger partial charge in [0.15, 0.2) is 6.10 Å². The predicted molar refractivity (Wildman–Crippen MR) is 334 cm³/mol. The van der Waals surface area contributed by atoms with Gasteiger partial charge in [0.05, 0.1) is 19.8 Å². The van der Waals surface area contributed by atoms with Crippen molar-refractivity contribution in [3.63, 3.8) is 0 Å². The first-order valence-corrected chi connectivity index (χ1v) is 32.9. The van der Waals surface area contributed by atoms with Crippen LogP contribution in [0.4, 0.5) is 0 Å². The number of hydrogen-bond donors (Lipinski definition) is 2. The molecule has 0 amide bonds. The van der Waals surface area contributed by atoms with Gasteiger partial charge in [-0.1, -0.05) is 232 Å². The maximum absolute atomic E-state index is 13.0. The van der Waals surface area contributed by atoms with E-state index in [4.69, 9.17) is 23.3 Å². The van der Waals surface area contributed by atoms with Crippen molar-refractivity contribution in [2.75, 3.05) is 26.4 Å². The smallest absolute Gasteiger partial charge is 0.462 e. The van der Waals surface area contributed by atoms with Gasteiger partial charge < -0.3 is 24.2 Å². The summed E-state index contributed by atoms with van der Waals surface area (Å²) in [7, 11) is -4.78. The van der Waals surface area contributed by atoms with Crippen LogP contribution >= 0.6 is 7.82 Å². The number of esters is 3. The van der Waals surface area contributed by atoms with E-state index >= 15 is 0 Å². The normalized spacial score (nSPS) is 14.1. The molecule has 0 aromatic carbocycles. The third-order valence-corrected chi connectivity index (χ3v) is 13.8. The molecule has 11 nitrogen and oxygen atoms in total. The number of allylic oxidation sites excluding steroid dienone is 20. The minimum absolute atomic E-state index is 0.0927. The fourth-order valence-electron chi connectivity index (χ4n) is 8.14. The molecule has 0 aromatic rings. The Morgan fingerprint density at radius 3 is 1.05 bits per heavy atom. The van der Waals surface area contributed by atoms with Crippen molar-refractivity contribution in [1.29, 1.82) is 0 Å². The summed E-state index contributed by atoms with van der Waals surface area (Å²) < 4.78 is 39.6. The lowest BCUT2D eigenvalue weighted by Crippen LogP contribution is -2.30. The maximum atomic E-state index is 13.0. The van der Waals surface area contributed by atoms with Crippen molar-refractivity contribution in [2.45, 2.75) is 264 Å². The van der Waals surface area contributed by atoms with Crippen LogP contribution in [0.2, 0.25) is 0 Å². The van der Waals surface area contributed by atoms with E-state index in [0.29, 0.717) is 25.7 Å². The van der Waals surface area contributed by atoms with Crippen LogP contribution in [0.1, 0.15) is 252 Å². The fourth-order valence-corrected chi connectivity index (χ4v) is 8.93. The van der Waals surface area contributed by atoms with Crippen molar-refractivity contribution in [3.05, 3.63) is 122 Å². The number of phosphoric acid groups is 1. The van der Waals surface area contributed by atoms with Gasteiger partial charge in [-0.15, -0.1) is 0 Å². The Kier molecular flexibility index (Phi) is 57.8. The van der Waals surface area contributed by atoms with Crippen molar-refractivity contribution < 1.29 is 52.2 Å². The summed E-state index contributed by atoms with van der Waals surface area (Å²) in [6.07, 6.45) is 75.8. The molecule has 3 atom stereocenters. The molecular weight excluding hydrogens is 1020 g/mol. The van der Waals surface area contributed by atoms with E-state index in [9.17, 15) is 28.9 Å². The Hall–Kier alpha value is -4.12. The molecule has 0 aliphatic carbocycles. The summed E-state index contributed by atoms with van der Waals surface area (Å²) in [5.74, 6) is -1.55. The second kappa shape index (κ2) is 61.0. The van der Waals surface area contributed by atoms with Gasteiger partial charge in [-0.3, -0.25) is 23.4 Å². The minimum Gasteiger partial charge on any atom is -0.462 e. The van der Waals surface area contributed by atoms with E-state index in [1.54, 1.807) is 0 Å². The number of unbranched alkanes of at least 4 members (excludes halogenated alkanes) is 20. The zero-order valence-electron chi connectivity index (χ0n) is 50.5. The number of carbonyl (C=O) groups is 3. The topological polar surface area (TPSA) is 155 Å². The average Bonchev–Trinajstić information content (AvgIpc) is 3.45. The summed E-state index contributed by atoms with van der Waals surface area (Å²) in [6.45, 7) is 4.33. The first-order chi connectivity index (χ1) is 39.2. The molecule has 12 heteroatoms. The predicted octanol–water partition coefficient (Wildman–Crippen LogP) is 19.1. The number of aliphatic hydroxyl groups excluding tert-OH is 1. The number of aliphatic hydroxyl groups is 1. The monoisotopic (exact) mass is 1140 g/mol. The Bertz CT molecular complexity index is 1800. The molecule has 0 saturated carbocycles. The van der Waals surface area contributed by atoms with Gasteiger partial charge in [-0.05, 0) is 122 Å². The number of carbonyl (C=O) groups excluding carboxylic acids is 3. The third-order valence-electron chi connectivity index (χ3n) is 12.8. The highest BCUT2D eigenvalue weighted by atomic mass is 31.2. The summed E-state index contributed by atoms with van der Waals surface area (Å²) in [4.78, 5) is 48.7. The largest absolute Gasteiger partial charge is 0.472 e. The van der Waals surface area contributed by atoms with E-state index in [2.05, 4.69) is 130 Å². The van der Waals surface area contributed by atoms with Gasteiger partial charge in [0, 0.05) is 19.3 Å². The zero-order valence-corrected chi connectivity index (χ0v) is 51.4. The fraction of sp³-hybridized carbons (Fsp3) is 0.662. The van der Waals surface area contributed by atoms with Crippen molar-refractivity contribution in [3.8, 4) is 0 Å². The average molecular weight is 1140 g/mol. The molecule has 3 unspecified atom stereocenters. The molecule has 0 spiro atoms. The lowest BCUT2D eigenvalue weighted by Gasteiger charge is -2.21. The van der Waals surface area contributed by atoms with Crippen LogP contribution in [0.15, 0.2) is 122 Å². The number of rotatable bonds is 57. The highest BCUT2D eigenvalue weighted by Gasteiger charge is 2.28. The molecular formula is C68H113O11P. The summed E-state index contributed by atoms with van der Waals surface area (Å²) in [5.41, 5.74) is 0. The first kappa shape index (κ1) is 75.9. The molecule has 0 saturated heterocycles. The van der Waals surface area contributed by atoms with Gasteiger partial charge >= 0.3 is 25.7 Å². The number of ether oxygens (including phenoxy) is 3. The Morgan fingerprint density at radius 1 is 0.362 bits per heavy atom. The van der Waals surface area contributed by atoms with Crippen LogP contribution in [-0.4, -0.2) is 66.5 Å². The summed E-state index contributed by atoms with van der Waals surface area (Å²) in [5, 5.41) is 9.84.